The lowest BCUT2D eigenvalue weighted by atomic mass is 9.87. The van der Waals surface area contributed by atoms with Crippen molar-refractivity contribution in [3.8, 4) is 17.1 Å². The van der Waals surface area contributed by atoms with Crippen molar-refractivity contribution in [2.24, 2.45) is 18.9 Å². The van der Waals surface area contributed by atoms with Gasteiger partial charge in [0.25, 0.3) is 0 Å². The number of hydrogen-bond acceptors (Lipinski definition) is 9. The van der Waals surface area contributed by atoms with Crippen LogP contribution in [-0.4, -0.2) is 59.4 Å². The maximum atomic E-state index is 11.9. The molecule has 0 spiro atoms. The van der Waals surface area contributed by atoms with E-state index < -0.39 is 0 Å². The van der Waals surface area contributed by atoms with E-state index in [0.717, 1.165) is 61.0 Å². The normalized spacial score (nSPS) is 20.1. The molecule has 0 radical (unpaired) electrons. The van der Waals surface area contributed by atoms with Gasteiger partial charge in [0.1, 0.15) is 11.4 Å². The Morgan fingerprint density at radius 1 is 1.14 bits per heavy atom. The topological polar surface area (TPSA) is 123 Å². The first-order chi connectivity index (χ1) is 17.0. The SMILES string of the molecule is COC(=O)[C@H]1CCC[C@H](Oc2ccc(-c3nnn(C)c3Cc3nnn(CCC4CC4)n3)nc2C)C1. The van der Waals surface area contributed by atoms with Gasteiger partial charge in [0.2, 0.25) is 0 Å². The van der Waals surface area contributed by atoms with Crippen LogP contribution in [0.4, 0.5) is 0 Å². The number of esters is 1. The Hall–Kier alpha value is -3.37. The van der Waals surface area contributed by atoms with Crippen molar-refractivity contribution in [3.05, 3.63) is 29.3 Å². The van der Waals surface area contributed by atoms with Gasteiger partial charge in [0.05, 0.1) is 49.2 Å². The molecule has 0 unspecified atom stereocenters. The molecule has 2 fully saturated rings. The lowest BCUT2D eigenvalue weighted by Gasteiger charge is -2.28. The third-order valence-corrected chi connectivity index (χ3v) is 6.93. The molecule has 2 aliphatic carbocycles. The fourth-order valence-corrected chi connectivity index (χ4v) is 4.69. The monoisotopic (exact) mass is 480 g/mol. The number of nitrogens with zero attached hydrogens (tertiary/aromatic N) is 8. The van der Waals surface area contributed by atoms with E-state index in [2.05, 4.69) is 25.7 Å². The molecule has 0 bridgehead atoms. The number of pyridine rings is 1. The molecule has 11 nitrogen and oxygen atoms in total. The molecule has 3 aromatic rings. The predicted octanol–water partition coefficient (Wildman–Crippen LogP) is 2.67. The highest BCUT2D eigenvalue weighted by Gasteiger charge is 2.29. The van der Waals surface area contributed by atoms with Crippen molar-refractivity contribution in [1.29, 1.82) is 0 Å². The van der Waals surface area contributed by atoms with Gasteiger partial charge in [0.15, 0.2) is 5.82 Å². The first-order valence-corrected chi connectivity index (χ1v) is 12.4. The lowest BCUT2D eigenvalue weighted by Crippen LogP contribution is -2.30. The molecule has 3 heterocycles. The van der Waals surface area contributed by atoms with E-state index in [9.17, 15) is 4.79 Å². The van der Waals surface area contributed by atoms with Crippen LogP contribution in [0.1, 0.15) is 62.2 Å². The van der Waals surface area contributed by atoms with Crippen LogP contribution in [0.5, 0.6) is 5.75 Å². The van der Waals surface area contributed by atoms with E-state index in [0.29, 0.717) is 24.4 Å². The van der Waals surface area contributed by atoms with Crippen LogP contribution in [-0.2, 0) is 29.5 Å². The van der Waals surface area contributed by atoms with Crippen molar-refractivity contribution in [2.45, 2.75) is 70.9 Å². The van der Waals surface area contributed by atoms with Crippen molar-refractivity contribution >= 4 is 5.97 Å². The smallest absolute Gasteiger partial charge is 0.308 e. The summed E-state index contributed by atoms with van der Waals surface area (Å²) in [6.07, 6.45) is 7.55. The van der Waals surface area contributed by atoms with Gasteiger partial charge in [-0.3, -0.25) is 9.48 Å². The fourth-order valence-electron chi connectivity index (χ4n) is 4.69. The zero-order valence-corrected chi connectivity index (χ0v) is 20.6. The van der Waals surface area contributed by atoms with Crippen LogP contribution in [0, 0.1) is 18.8 Å². The minimum Gasteiger partial charge on any atom is -0.489 e. The van der Waals surface area contributed by atoms with Crippen LogP contribution in [0.15, 0.2) is 12.1 Å². The molecule has 2 atom stereocenters. The molecule has 0 saturated heterocycles. The molecule has 3 aromatic heterocycles. The second-order valence-electron chi connectivity index (χ2n) is 9.63. The summed E-state index contributed by atoms with van der Waals surface area (Å²) in [5, 5.41) is 21.5. The van der Waals surface area contributed by atoms with E-state index in [1.807, 2.05) is 26.1 Å². The molecule has 35 heavy (non-hydrogen) atoms. The highest BCUT2D eigenvalue weighted by atomic mass is 16.5. The van der Waals surface area contributed by atoms with Crippen LogP contribution in [0.3, 0.4) is 0 Å². The summed E-state index contributed by atoms with van der Waals surface area (Å²) < 4.78 is 12.9. The summed E-state index contributed by atoms with van der Waals surface area (Å²) in [7, 11) is 3.29. The zero-order chi connectivity index (χ0) is 24.4. The molecule has 0 aromatic carbocycles. The number of methoxy groups -OCH3 is 1. The third-order valence-electron chi connectivity index (χ3n) is 6.93. The Bertz CT molecular complexity index is 1190. The maximum Gasteiger partial charge on any atom is 0.308 e. The maximum absolute atomic E-state index is 11.9. The van der Waals surface area contributed by atoms with E-state index in [1.165, 1.54) is 20.0 Å². The molecule has 0 N–H and O–H groups in total. The largest absolute Gasteiger partial charge is 0.489 e. The summed E-state index contributed by atoms with van der Waals surface area (Å²) in [4.78, 5) is 18.4. The van der Waals surface area contributed by atoms with Crippen LogP contribution in [0.2, 0.25) is 0 Å². The summed E-state index contributed by atoms with van der Waals surface area (Å²) in [6.45, 7) is 2.72. The van der Waals surface area contributed by atoms with Crippen molar-refractivity contribution in [3.63, 3.8) is 0 Å². The number of ether oxygens (including phenoxy) is 2. The van der Waals surface area contributed by atoms with Gasteiger partial charge in [-0.25, -0.2) is 4.98 Å². The quantitative estimate of drug-likeness (QED) is 0.425. The summed E-state index contributed by atoms with van der Waals surface area (Å²) in [5.41, 5.74) is 3.05. The molecular weight excluding hydrogens is 448 g/mol. The van der Waals surface area contributed by atoms with Crippen molar-refractivity contribution in [2.75, 3.05) is 7.11 Å². The molecule has 2 saturated carbocycles. The molecule has 2 aliphatic rings. The molecule has 5 rings (SSSR count). The number of carbonyl (C=O) groups is 1. The summed E-state index contributed by atoms with van der Waals surface area (Å²) >= 11 is 0. The number of aryl methyl sites for hydroxylation is 3. The Morgan fingerprint density at radius 2 is 2.00 bits per heavy atom. The van der Waals surface area contributed by atoms with E-state index >= 15 is 0 Å². The summed E-state index contributed by atoms with van der Waals surface area (Å²) in [6, 6.07) is 3.82. The third kappa shape index (κ3) is 5.49. The second kappa shape index (κ2) is 10.1. The van der Waals surface area contributed by atoms with Crippen LogP contribution >= 0.6 is 0 Å². The summed E-state index contributed by atoms with van der Waals surface area (Å²) in [5.74, 6) is 1.92. The number of rotatable bonds is 9. The van der Waals surface area contributed by atoms with Crippen LogP contribution < -0.4 is 4.74 Å². The van der Waals surface area contributed by atoms with E-state index in [1.54, 1.807) is 9.48 Å². The van der Waals surface area contributed by atoms with Gasteiger partial charge in [-0.15, -0.1) is 15.3 Å². The Morgan fingerprint density at radius 3 is 2.77 bits per heavy atom. The lowest BCUT2D eigenvalue weighted by molar-refractivity contribution is -0.147. The van der Waals surface area contributed by atoms with Gasteiger partial charge in [-0.05, 0) is 62.3 Å². The van der Waals surface area contributed by atoms with E-state index in [4.69, 9.17) is 14.5 Å². The Labute approximate surface area is 204 Å². The average Bonchev–Trinajstić information content (AvgIpc) is 3.48. The van der Waals surface area contributed by atoms with Gasteiger partial charge < -0.3 is 9.47 Å². The Kier molecular flexibility index (Phi) is 6.74. The van der Waals surface area contributed by atoms with Crippen LogP contribution in [0.25, 0.3) is 11.4 Å². The molecule has 11 heteroatoms. The molecule has 186 valence electrons. The molecular formula is C24H32N8O3. The molecule has 0 aliphatic heterocycles. The number of tetrazole rings is 1. The standard InChI is InChI=1S/C24H32N8O3/c1-15-21(35-18-6-4-5-17(13-18)24(33)34-3)10-9-19(25-15)23-20(31(2)29-27-23)14-22-26-30-32(28-22)12-11-16-7-8-16/h9-10,16-18H,4-8,11-14H2,1-3H3/t17-,18-/m0/s1. The van der Waals surface area contributed by atoms with E-state index in [-0.39, 0.29) is 18.0 Å². The highest BCUT2D eigenvalue weighted by Crippen LogP contribution is 2.33. The van der Waals surface area contributed by atoms with Gasteiger partial charge in [-0.1, -0.05) is 18.1 Å². The first kappa shape index (κ1) is 23.4. The molecule has 0 amide bonds. The Balaban J connectivity index is 1.27. The van der Waals surface area contributed by atoms with Crippen molar-refractivity contribution < 1.29 is 14.3 Å². The fraction of sp³-hybridized carbons (Fsp3) is 0.625. The minimum atomic E-state index is -0.156. The predicted molar refractivity (Wildman–Crippen MR) is 125 cm³/mol. The highest BCUT2D eigenvalue weighted by molar-refractivity contribution is 5.72. The number of aromatic nitrogens is 8. The zero-order valence-electron chi connectivity index (χ0n) is 20.6. The minimum absolute atomic E-state index is 0.0279. The average molecular weight is 481 g/mol. The first-order valence-electron chi connectivity index (χ1n) is 12.4. The van der Waals surface area contributed by atoms with Gasteiger partial charge in [0, 0.05) is 7.05 Å². The van der Waals surface area contributed by atoms with Gasteiger partial charge in [-0.2, -0.15) is 4.80 Å². The number of hydrogen-bond donors (Lipinski definition) is 0. The van der Waals surface area contributed by atoms with Gasteiger partial charge >= 0.3 is 5.97 Å². The number of carbonyl (C=O) groups excluding carboxylic acids is 1. The second-order valence-corrected chi connectivity index (χ2v) is 9.63. The van der Waals surface area contributed by atoms with Crippen molar-refractivity contribution in [1.82, 2.24) is 40.2 Å².